The van der Waals surface area contributed by atoms with E-state index < -0.39 is 6.09 Å². The number of nitrogens with one attached hydrogen (secondary N) is 2. The van der Waals surface area contributed by atoms with Crippen molar-refractivity contribution in [2.75, 3.05) is 12.4 Å². The molecule has 1 unspecified atom stereocenters. The Morgan fingerprint density at radius 2 is 2.40 bits per heavy atom. The molecule has 1 atom stereocenters. The van der Waals surface area contributed by atoms with Gasteiger partial charge in [-0.1, -0.05) is 0 Å². The lowest BCUT2D eigenvalue weighted by Gasteiger charge is -2.22. The SMILES string of the molecule is CNc1sc2c(c1C#N)CCC(OC(=O)NCc1cc(C)nn1C)C2. The zero-order valence-electron chi connectivity index (χ0n) is 14.5. The molecule has 2 aromatic heterocycles. The summed E-state index contributed by atoms with van der Waals surface area (Å²) in [6.45, 7) is 2.30. The summed E-state index contributed by atoms with van der Waals surface area (Å²) in [5, 5.41) is 20.3. The molecule has 1 amide bonds. The second-order valence-corrected chi connectivity index (χ2v) is 7.20. The Balaban J connectivity index is 1.57. The minimum Gasteiger partial charge on any atom is -0.446 e. The molecule has 1 aliphatic rings. The number of ether oxygens (including phenoxy) is 1. The second kappa shape index (κ2) is 7.15. The lowest BCUT2D eigenvalue weighted by atomic mass is 9.94. The molecule has 0 radical (unpaired) electrons. The van der Waals surface area contributed by atoms with E-state index in [0.29, 0.717) is 13.0 Å². The number of alkyl carbamates (subject to hydrolysis) is 1. The number of nitrogens with zero attached hydrogens (tertiary/aromatic N) is 3. The van der Waals surface area contributed by atoms with Gasteiger partial charge < -0.3 is 15.4 Å². The average molecular weight is 359 g/mol. The predicted octanol–water partition coefficient (Wildman–Crippen LogP) is 2.49. The van der Waals surface area contributed by atoms with Crippen LogP contribution in [-0.2, 0) is 31.2 Å². The van der Waals surface area contributed by atoms with Crippen LogP contribution in [0.25, 0.3) is 0 Å². The average Bonchev–Trinajstić information content (AvgIpc) is 3.10. The molecule has 0 aliphatic heterocycles. The number of carbonyl (C=O) groups is 1. The number of anilines is 1. The van der Waals surface area contributed by atoms with Gasteiger partial charge >= 0.3 is 6.09 Å². The quantitative estimate of drug-likeness (QED) is 0.875. The van der Waals surface area contributed by atoms with Crippen LogP contribution in [-0.4, -0.2) is 29.0 Å². The third-order valence-corrected chi connectivity index (χ3v) is 5.62. The molecule has 2 heterocycles. The van der Waals surface area contributed by atoms with E-state index in [-0.39, 0.29) is 6.10 Å². The Hall–Kier alpha value is -2.53. The van der Waals surface area contributed by atoms with Gasteiger partial charge in [0, 0.05) is 25.4 Å². The highest BCUT2D eigenvalue weighted by Crippen LogP contribution is 2.38. The Morgan fingerprint density at radius 3 is 3.04 bits per heavy atom. The van der Waals surface area contributed by atoms with Crippen LogP contribution in [0.4, 0.5) is 9.80 Å². The highest BCUT2D eigenvalue weighted by Gasteiger charge is 2.27. The molecule has 0 bridgehead atoms. The van der Waals surface area contributed by atoms with Gasteiger partial charge in [0.2, 0.25) is 0 Å². The molecule has 0 saturated heterocycles. The molecular formula is C17H21N5O2S. The van der Waals surface area contributed by atoms with Crippen molar-refractivity contribution in [2.24, 2.45) is 7.05 Å². The summed E-state index contributed by atoms with van der Waals surface area (Å²) in [6, 6.07) is 4.21. The van der Waals surface area contributed by atoms with E-state index in [1.165, 1.54) is 0 Å². The number of fused-ring (bicyclic) bond motifs is 1. The van der Waals surface area contributed by atoms with E-state index in [2.05, 4.69) is 21.8 Å². The highest BCUT2D eigenvalue weighted by atomic mass is 32.1. The standard InChI is InChI=1S/C17H21N5O2S/c1-10-6-11(22(3)21-10)9-20-17(23)24-12-4-5-13-14(8-18)16(19-2)25-15(13)7-12/h6,12,19H,4-5,7,9H2,1-3H3,(H,20,23). The van der Waals surface area contributed by atoms with Crippen molar-refractivity contribution in [1.29, 1.82) is 5.26 Å². The molecular weight excluding hydrogens is 338 g/mol. The molecule has 0 spiro atoms. The number of thiophene rings is 1. The molecule has 7 nitrogen and oxygen atoms in total. The Bertz CT molecular complexity index is 833. The first-order valence-electron chi connectivity index (χ1n) is 8.18. The minimum absolute atomic E-state index is 0.157. The van der Waals surface area contributed by atoms with Crippen molar-refractivity contribution >= 4 is 22.4 Å². The fourth-order valence-corrected chi connectivity index (χ4v) is 4.35. The predicted molar refractivity (Wildman–Crippen MR) is 95.7 cm³/mol. The highest BCUT2D eigenvalue weighted by molar-refractivity contribution is 7.16. The maximum atomic E-state index is 12.1. The molecule has 3 rings (SSSR count). The molecule has 2 N–H and O–H groups in total. The fraction of sp³-hybridized carbons (Fsp3) is 0.471. The number of aromatic nitrogens is 2. The van der Waals surface area contributed by atoms with E-state index in [4.69, 9.17) is 4.74 Å². The Kier molecular flexibility index (Phi) is 4.95. The lowest BCUT2D eigenvalue weighted by Crippen LogP contribution is -2.32. The van der Waals surface area contributed by atoms with Crippen molar-refractivity contribution in [1.82, 2.24) is 15.1 Å². The number of aryl methyl sites for hydroxylation is 2. The van der Waals surface area contributed by atoms with Crippen LogP contribution in [0.5, 0.6) is 0 Å². The molecule has 0 aromatic carbocycles. The van der Waals surface area contributed by atoms with Gasteiger partial charge in [0.1, 0.15) is 17.2 Å². The van der Waals surface area contributed by atoms with Crippen molar-refractivity contribution in [3.8, 4) is 6.07 Å². The summed E-state index contributed by atoms with van der Waals surface area (Å²) in [5.41, 5.74) is 3.68. The lowest BCUT2D eigenvalue weighted by molar-refractivity contribution is 0.0896. The molecule has 1 aliphatic carbocycles. The number of hydrogen-bond acceptors (Lipinski definition) is 6. The molecule has 2 aromatic rings. The smallest absolute Gasteiger partial charge is 0.407 e. The summed E-state index contributed by atoms with van der Waals surface area (Å²) < 4.78 is 7.30. The van der Waals surface area contributed by atoms with Crippen LogP contribution < -0.4 is 10.6 Å². The summed E-state index contributed by atoms with van der Waals surface area (Å²) in [4.78, 5) is 13.2. The topological polar surface area (TPSA) is 92.0 Å². The molecule has 0 saturated carbocycles. The van der Waals surface area contributed by atoms with Gasteiger partial charge in [-0.15, -0.1) is 11.3 Å². The summed E-state index contributed by atoms with van der Waals surface area (Å²) in [7, 11) is 3.67. The first-order valence-corrected chi connectivity index (χ1v) is 8.99. The third-order valence-electron chi connectivity index (χ3n) is 4.35. The van der Waals surface area contributed by atoms with Crippen molar-refractivity contribution in [2.45, 2.75) is 38.8 Å². The van der Waals surface area contributed by atoms with Gasteiger partial charge in [-0.3, -0.25) is 4.68 Å². The Morgan fingerprint density at radius 1 is 1.60 bits per heavy atom. The number of hydrogen-bond donors (Lipinski definition) is 2. The van der Waals surface area contributed by atoms with E-state index in [1.54, 1.807) is 16.0 Å². The Labute approximate surface area is 150 Å². The second-order valence-electron chi connectivity index (χ2n) is 6.09. The normalized spacial score (nSPS) is 16.0. The van der Waals surface area contributed by atoms with Crippen molar-refractivity contribution < 1.29 is 9.53 Å². The third kappa shape index (κ3) is 3.61. The van der Waals surface area contributed by atoms with E-state index in [0.717, 1.165) is 45.2 Å². The summed E-state index contributed by atoms with van der Waals surface area (Å²) in [5.74, 6) is 0. The first-order chi connectivity index (χ1) is 12.0. The number of nitriles is 1. The van der Waals surface area contributed by atoms with Crippen LogP contribution in [0.15, 0.2) is 6.07 Å². The van der Waals surface area contributed by atoms with Crippen molar-refractivity contribution in [3.05, 3.63) is 33.5 Å². The molecule has 0 fully saturated rings. The molecule has 132 valence electrons. The van der Waals surface area contributed by atoms with Gasteiger partial charge in [-0.25, -0.2) is 4.79 Å². The van der Waals surface area contributed by atoms with Crippen LogP contribution in [0.3, 0.4) is 0 Å². The number of rotatable bonds is 4. The minimum atomic E-state index is -0.418. The van der Waals surface area contributed by atoms with Crippen LogP contribution in [0.2, 0.25) is 0 Å². The number of carbonyl (C=O) groups excluding carboxylic acids is 1. The van der Waals surface area contributed by atoms with Crippen molar-refractivity contribution in [3.63, 3.8) is 0 Å². The largest absolute Gasteiger partial charge is 0.446 e. The van der Waals surface area contributed by atoms with Crippen LogP contribution >= 0.6 is 11.3 Å². The maximum Gasteiger partial charge on any atom is 0.407 e. The van der Waals surface area contributed by atoms with Gasteiger partial charge in [-0.2, -0.15) is 10.4 Å². The molecule has 8 heteroatoms. The van der Waals surface area contributed by atoms with Crippen LogP contribution in [0, 0.1) is 18.3 Å². The van der Waals surface area contributed by atoms with Gasteiger partial charge in [0.25, 0.3) is 0 Å². The van der Waals surface area contributed by atoms with Crippen LogP contribution in [0.1, 0.15) is 33.8 Å². The van der Waals surface area contributed by atoms with E-state index >= 15 is 0 Å². The molecule has 25 heavy (non-hydrogen) atoms. The first kappa shape index (κ1) is 17.3. The summed E-state index contributed by atoms with van der Waals surface area (Å²) in [6.07, 6.45) is 1.58. The van der Waals surface area contributed by atoms with Gasteiger partial charge in [0.15, 0.2) is 0 Å². The van der Waals surface area contributed by atoms with E-state index in [9.17, 15) is 10.1 Å². The summed E-state index contributed by atoms with van der Waals surface area (Å²) >= 11 is 1.58. The fourth-order valence-electron chi connectivity index (χ4n) is 3.14. The van der Waals surface area contributed by atoms with E-state index in [1.807, 2.05) is 27.1 Å². The maximum absolute atomic E-state index is 12.1. The zero-order valence-corrected chi connectivity index (χ0v) is 15.4. The monoisotopic (exact) mass is 359 g/mol. The van der Waals surface area contributed by atoms with Gasteiger partial charge in [-0.05, 0) is 31.4 Å². The number of amides is 1. The van der Waals surface area contributed by atoms with Gasteiger partial charge in [0.05, 0.1) is 23.5 Å². The zero-order chi connectivity index (χ0) is 18.0.